The zero-order valence-electron chi connectivity index (χ0n) is 62.4. The molecule has 0 radical (unpaired) electrons. The molecule has 0 aliphatic rings. The van der Waals surface area contributed by atoms with Gasteiger partial charge in [-0.15, -0.1) is 0 Å². The normalized spacial score (nSPS) is 12.4. The highest BCUT2D eigenvalue weighted by atomic mass is 16.5. The summed E-state index contributed by atoms with van der Waals surface area (Å²) in [5, 5.41) is 23.5. The van der Waals surface area contributed by atoms with Crippen molar-refractivity contribution in [3.8, 4) is 0 Å². The highest BCUT2D eigenvalue weighted by Crippen LogP contribution is 2.21. The van der Waals surface area contributed by atoms with E-state index in [4.69, 9.17) is 4.74 Å². The first kappa shape index (κ1) is 89.6. The van der Waals surface area contributed by atoms with Gasteiger partial charge in [-0.05, 0) is 51.4 Å². The summed E-state index contributed by atoms with van der Waals surface area (Å²) in [4.78, 5) is 24.6. The smallest absolute Gasteiger partial charge is 0.305 e. The summed E-state index contributed by atoms with van der Waals surface area (Å²) in [6, 6.07) is -0.538. The second-order valence-electron chi connectivity index (χ2n) is 29.5. The molecule has 0 heterocycles. The molecule has 0 spiro atoms. The molecule has 0 aromatic carbocycles. The van der Waals surface area contributed by atoms with Crippen LogP contribution in [0.25, 0.3) is 0 Å². The number of allylic oxidation sites excluding steroid dienone is 2. The summed E-state index contributed by atoms with van der Waals surface area (Å²) in [6.45, 7) is 4.99. The van der Waals surface area contributed by atoms with Gasteiger partial charge in [0.05, 0.1) is 25.4 Å². The summed E-state index contributed by atoms with van der Waals surface area (Å²) in [5.74, 6) is -0.00808. The number of amides is 1. The van der Waals surface area contributed by atoms with Crippen molar-refractivity contribution in [2.24, 2.45) is 0 Å². The van der Waals surface area contributed by atoms with Crippen LogP contribution in [-0.2, 0) is 14.3 Å². The van der Waals surface area contributed by atoms with Gasteiger partial charge >= 0.3 is 5.97 Å². The molecule has 0 aromatic rings. The number of nitrogens with one attached hydrogen (secondary N) is 1. The molecule has 2 unspecified atom stereocenters. The van der Waals surface area contributed by atoms with Crippen molar-refractivity contribution in [1.29, 1.82) is 0 Å². The second-order valence-corrected chi connectivity index (χ2v) is 29.5. The highest BCUT2D eigenvalue weighted by molar-refractivity contribution is 5.76. The Morgan fingerprint density at radius 1 is 0.297 bits per heavy atom. The molecule has 3 N–H and O–H groups in total. The van der Waals surface area contributed by atoms with E-state index in [2.05, 4.69) is 31.3 Å². The van der Waals surface area contributed by atoms with Crippen LogP contribution in [0.1, 0.15) is 495 Å². The van der Waals surface area contributed by atoms with Crippen LogP contribution in [0.4, 0.5) is 0 Å². The van der Waals surface area contributed by atoms with E-state index in [1.165, 1.54) is 417 Å². The molecule has 0 aromatic heterocycles. The molecule has 1 amide bonds. The van der Waals surface area contributed by atoms with E-state index in [0.717, 1.165) is 44.9 Å². The van der Waals surface area contributed by atoms with Crippen LogP contribution in [0, 0.1) is 0 Å². The molecule has 0 aliphatic carbocycles. The topological polar surface area (TPSA) is 95.9 Å². The Kier molecular flexibility index (Phi) is 79.8. The van der Waals surface area contributed by atoms with Crippen molar-refractivity contribution < 1.29 is 24.5 Å². The molecule has 91 heavy (non-hydrogen) atoms. The number of unbranched alkanes of at least 4 members (excludes halogenated alkanes) is 68. The van der Waals surface area contributed by atoms with Gasteiger partial charge < -0.3 is 20.3 Å². The molecule has 0 fully saturated rings. The van der Waals surface area contributed by atoms with Crippen LogP contribution in [0.15, 0.2) is 12.2 Å². The predicted octanol–water partition coefficient (Wildman–Crippen LogP) is 28.2. The summed E-state index contributed by atoms with van der Waals surface area (Å²) < 4.78 is 5.48. The largest absolute Gasteiger partial charge is 0.466 e. The SMILES string of the molecule is CCCCC/C=C\CCCCCCCC(=O)OCCCCCCCCCCCCCCCCCCCCCCCCCCCCCCCCCCCCCCCC(=O)NC(CO)C(O)CCCCCCCCCCCCCCCCCCCCCCCCCCC. The second kappa shape index (κ2) is 81.0. The third-order valence-electron chi connectivity index (χ3n) is 20.3. The molecule has 542 valence electrons. The summed E-state index contributed by atoms with van der Waals surface area (Å²) >= 11 is 0. The fraction of sp³-hybridized carbons (Fsp3) is 0.953. The molecule has 6 heteroatoms. The number of carbonyl (C=O) groups excluding carboxylic acids is 2. The van der Waals surface area contributed by atoms with E-state index in [-0.39, 0.29) is 18.5 Å². The van der Waals surface area contributed by atoms with Crippen molar-refractivity contribution in [2.45, 2.75) is 508 Å². The number of esters is 1. The Morgan fingerprint density at radius 2 is 0.516 bits per heavy atom. The molecule has 0 aliphatic heterocycles. The molecule has 0 bridgehead atoms. The Bertz CT molecular complexity index is 1380. The molecule has 0 saturated carbocycles. The van der Waals surface area contributed by atoms with Gasteiger partial charge in [-0.3, -0.25) is 9.59 Å². The van der Waals surface area contributed by atoms with E-state index in [9.17, 15) is 19.8 Å². The maximum absolute atomic E-state index is 12.6. The maximum atomic E-state index is 12.6. The average Bonchev–Trinajstić information content (AvgIpc) is 3.58. The minimum absolute atomic E-state index is 0.0144. The lowest BCUT2D eigenvalue weighted by Crippen LogP contribution is -2.45. The summed E-state index contributed by atoms with van der Waals surface area (Å²) in [6.07, 6.45) is 103. The first-order valence-corrected chi connectivity index (χ1v) is 42.4. The number of hydrogen-bond donors (Lipinski definition) is 3. The van der Waals surface area contributed by atoms with E-state index >= 15 is 0 Å². The molecule has 2 atom stereocenters. The first-order valence-electron chi connectivity index (χ1n) is 42.4. The van der Waals surface area contributed by atoms with Crippen LogP contribution in [0.2, 0.25) is 0 Å². The standard InChI is InChI=1S/C85H167NO5/c1-3-5-7-9-11-13-15-17-18-19-20-21-22-36-39-42-45-48-51-54-57-61-65-69-73-77-83(88)82(81-87)86-84(89)78-74-70-66-62-58-55-52-49-46-43-40-37-34-32-30-28-26-24-23-25-27-29-31-33-35-38-41-44-47-50-53-56-60-64-68-72-76-80-91-85(90)79-75-71-67-63-59-16-14-12-10-8-6-4-2/h12,14,82-83,87-88H,3-11,13,15-81H2,1-2H3,(H,86,89)/b14-12-. The maximum Gasteiger partial charge on any atom is 0.305 e. The van der Waals surface area contributed by atoms with Crippen molar-refractivity contribution in [3.63, 3.8) is 0 Å². The van der Waals surface area contributed by atoms with Gasteiger partial charge in [0.15, 0.2) is 0 Å². The molecular weight excluding hydrogens is 1110 g/mol. The van der Waals surface area contributed by atoms with Crippen molar-refractivity contribution >= 4 is 11.9 Å². The summed E-state index contributed by atoms with van der Waals surface area (Å²) in [7, 11) is 0. The van der Waals surface area contributed by atoms with Crippen LogP contribution < -0.4 is 5.32 Å². The number of ether oxygens (including phenoxy) is 1. The fourth-order valence-corrected chi connectivity index (χ4v) is 13.9. The van der Waals surface area contributed by atoms with Gasteiger partial charge in [0.25, 0.3) is 0 Å². The van der Waals surface area contributed by atoms with Crippen LogP contribution in [-0.4, -0.2) is 47.4 Å². The Balaban J connectivity index is 3.31. The van der Waals surface area contributed by atoms with Gasteiger partial charge in [0, 0.05) is 12.8 Å². The van der Waals surface area contributed by atoms with Crippen molar-refractivity contribution in [1.82, 2.24) is 5.32 Å². The third-order valence-corrected chi connectivity index (χ3v) is 20.3. The fourth-order valence-electron chi connectivity index (χ4n) is 13.9. The first-order chi connectivity index (χ1) is 45.0. The Morgan fingerprint density at radius 3 is 0.802 bits per heavy atom. The van der Waals surface area contributed by atoms with Crippen molar-refractivity contribution in [3.05, 3.63) is 12.2 Å². The van der Waals surface area contributed by atoms with E-state index in [1.54, 1.807) is 0 Å². The number of aliphatic hydroxyl groups is 2. The quantitative estimate of drug-likeness (QED) is 0.0320. The minimum atomic E-state index is -0.661. The van der Waals surface area contributed by atoms with Crippen LogP contribution in [0.5, 0.6) is 0 Å². The zero-order valence-corrected chi connectivity index (χ0v) is 62.4. The minimum Gasteiger partial charge on any atom is -0.466 e. The Labute approximate surface area is 571 Å². The molecular formula is C85H167NO5. The number of carbonyl (C=O) groups is 2. The van der Waals surface area contributed by atoms with Crippen molar-refractivity contribution in [2.75, 3.05) is 13.2 Å². The molecule has 0 rings (SSSR count). The van der Waals surface area contributed by atoms with Gasteiger partial charge in [-0.1, -0.05) is 443 Å². The predicted molar refractivity (Wildman–Crippen MR) is 403 cm³/mol. The number of aliphatic hydroxyl groups excluding tert-OH is 2. The average molecular weight is 1280 g/mol. The van der Waals surface area contributed by atoms with Gasteiger partial charge in [0.2, 0.25) is 5.91 Å². The number of rotatable bonds is 81. The number of hydrogen-bond acceptors (Lipinski definition) is 5. The highest BCUT2D eigenvalue weighted by Gasteiger charge is 2.20. The third kappa shape index (κ3) is 77.5. The lowest BCUT2D eigenvalue weighted by Gasteiger charge is -2.22. The van der Waals surface area contributed by atoms with Crippen LogP contribution in [0.3, 0.4) is 0 Å². The lowest BCUT2D eigenvalue weighted by atomic mass is 10.0. The van der Waals surface area contributed by atoms with E-state index < -0.39 is 12.1 Å². The van der Waals surface area contributed by atoms with Gasteiger partial charge in [-0.2, -0.15) is 0 Å². The van der Waals surface area contributed by atoms with Gasteiger partial charge in [0.1, 0.15) is 0 Å². The molecule has 6 nitrogen and oxygen atoms in total. The zero-order chi connectivity index (χ0) is 65.6. The van der Waals surface area contributed by atoms with Crippen LogP contribution >= 0.6 is 0 Å². The molecule has 0 saturated heterocycles. The monoisotopic (exact) mass is 1280 g/mol. The Hall–Kier alpha value is -1.40. The summed E-state index contributed by atoms with van der Waals surface area (Å²) in [5.41, 5.74) is 0. The van der Waals surface area contributed by atoms with E-state index in [1.807, 2.05) is 0 Å². The lowest BCUT2D eigenvalue weighted by molar-refractivity contribution is -0.143. The van der Waals surface area contributed by atoms with E-state index in [0.29, 0.717) is 25.9 Å². The van der Waals surface area contributed by atoms with Gasteiger partial charge in [-0.25, -0.2) is 0 Å².